The van der Waals surface area contributed by atoms with Crippen LogP contribution in [0.2, 0.25) is 0 Å². The first kappa shape index (κ1) is 16.5. The van der Waals surface area contributed by atoms with E-state index in [9.17, 15) is 9.90 Å². The molecule has 128 valence electrons. The summed E-state index contributed by atoms with van der Waals surface area (Å²) in [6, 6.07) is 9.67. The Labute approximate surface area is 141 Å². The zero-order valence-corrected chi connectivity index (χ0v) is 13.9. The van der Waals surface area contributed by atoms with Crippen molar-refractivity contribution in [1.82, 2.24) is 14.7 Å². The Balaban J connectivity index is 1.83. The lowest BCUT2D eigenvalue weighted by Gasteiger charge is -2.30. The molecule has 0 saturated carbocycles. The lowest BCUT2D eigenvalue weighted by Crippen LogP contribution is -2.39. The topological polar surface area (TPSA) is 67.6 Å². The van der Waals surface area contributed by atoms with Gasteiger partial charge in [-0.15, -0.1) is 0 Å². The lowest BCUT2D eigenvalue weighted by molar-refractivity contribution is 0.0641. The van der Waals surface area contributed by atoms with Crippen molar-refractivity contribution in [3.8, 4) is 11.4 Å². The number of likely N-dealkylation sites (tertiary alicyclic amines) is 1. The summed E-state index contributed by atoms with van der Waals surface area (Å²) < 4.78 is 7.30. The van der Waals surface area contributed by atoms with Gasteiger partial charge in [-0.3, -0.25) is 4.79 Å². The third-order valence-electron chi connectivity index (χ3n) is 4.36. The van der Waals surface area contributed by atoms with E-state index in [4.69, 9.17) is 4.74 Å². The second-order valence-corrected chi connectivity index (χ2v) is 5.97. The van der Waals surface area contributed by atoms with Gasteiger partial charge in [-0.2, -0.15) is 5.10 Å². The van der Waals surface area contributed by atoms with E-state index in [0.717, 1.165) is 18.5 Å². The molecule has 1 aromatic heterocycles. The van der Waals surface area contributed by atoms with Crippen molar-refractivity contribution in [2.45, 2.75) is 19.8 Å². The second kappa shape index (κ2) is 7.49. The molecule has 1 aromatic carbocycles. The first-order chi connectivity index (χ1) is 11.7. The van der Waals surface area contributed by atoms with E-state index in [0.29, 0.717) is 37.1 Å². The molecule has 1 N–H and O–H groups in total. The molecule has 1 aliphatic rings. The van der Waals surface area contributed by atoms with E-state index < -0.39 is 0 Å². The Kier molecular flexibility index (Phi) is 5.15. The third kappa shape index (κ3) is 3.43. The van der Waals surface area contributed by atoms with Crippen molar-refractivity contribution in [3.63, 3.8) is 0 Å². The predicted molar refractivity (Wildman–Crippen MR) is 90.4 cm³/mol. The van der Waals surface area contributed by atoms with Gasteiger partial charge in [0.15, 0.2) is 11.4 Å². The number of carbonyl (C=O) groups is 1. The Bertz CT molecular complexity index is 676. The average Bonchev–Trinajstić information content (AvgIpc) is 3.06. The molecule has 0 bridgehead atoms. The highest BCUT2D eigenvalue weighted by Crippen LogP contribution is 2.24. The van der Waals surface area contributed by atoms with Crippen LogP contribution in [0.25, 0.3) is 5.69 Å². The summed E-state index contributed by atoms with van der Waals surface area (Å²) in [6.07, 6.45) is 3.41. The van der Waals surface area contributed by atoms with E-state index in [-0.39, 0.29) is 12.5 Å². The molecule has 24 heavy (non-hydrogen) atoms. The number of benzene rings is 1. The molecule has 0 aliphatic carbocycles. The van der Waals surface area contributed by atoms with E-state index in [1.807, 2.05) is 37.3 Å². The average molecular weight is 329 g/mol. The van der Waals surface area contributed by atoms with E-state index in [1.165, 1.54) is 0 Å². The number of piperidine rings is 1. The normalized spacial score (nSPS) is 15.5. The molecule has 0 unspecified atom stereocenters. The molecule has 2 heterocycles. The number of ether oxygens (including phenoxy) is 1. The molecule has 0 atom stereocenters. The van der Waals surface area contributed by atoms with Gasteiger partial charge in [0.2, 0.25) is 0 Å². The van der Waals surface area contributed by atoms with Crippen LogP contribution in [0.5, 0.6) is 5.75 Å². The molecule has 1 fully saturated rings. The molecule has 2 aromatic rings. The predicted octanol–water partition coefficient (Wildman–Crippen LogP) is 2.12. The number of rotatable bonds is 5. The fourth-order valence-electron chi connectivity index (χ4n) is 2.95. The fourth-order valence-corrected chi connectivity index (χ4v) is 2.95. The number of aliphatic hydroxyl groups is 1. The molecule has 1 aliphatic heterocycles. The van der Waals surface area contributed by atoms with Crippen LogP contribution >= 0.6 is 0 Å². The minimum Gasteiger partial charge on any atom is -0.490 e. The standard InChI is InChI=1S/C18H23N3O3/c1-2-24-16-12-21(15-6-4-3-5-7-15)19-17(16)18(23)20-10-8-14(13-22)9-11-20/h3-7,12,14,22H,2,8-11,13H2,1H3. The Hall–Kier alpha value is -2.34. The van der Waals surface area contributed by atoms with Crippen molar-refractivity contribution >= 4 is 5.91 Å². The summed E-state index contributed by atoms with van der Waals surface area (Å²) in [4.78, 5) is 14.6. The summed E-state index contributed by atoms with van der Waals surface area (Å²) in [7, 11) is 0. The van der Waals surface area contributed by atoms with Gasteiger partial charge < -0.3 is 14.7 Å². The van der Waals surface area contributed by atoms with Crippen LogP contribution in [0.1, 0.15) is 30.3 Å². The Morgan fingerprint density at radius 3 is 2.62 bits per heavy atom. The largest absolute Gasteiger partial charge is 0.490 e. The maximum absolute atomic E-state index is 12.8. The number of hydrogen-bond acceptors (Lipinski definition) is 4. The van der Waals surface area contributed by atoms with Gasteiger partial charge >= 0.3 is 0 Å². The highest BCUT2D eigenvalue weighted by atomic mass is 16.5. The van der Waals surface area contributed by atoms with Gasteiger partial charge in [-0.05, 0) is 37.8 Å². The van der Waals surface area contributed by atoms with Gasteiger partial charge in [0.25, 0.3) is 5.91 Å². The van der Waals surface area contributed by atoms with Crippen LogP contribution in [-0.2, 0) is 0 Å². The lowest BCUT2D eigenvalue weighted by atomic mass is 9.98. The Morgan fingerprint density at radius 2 is 2.00 bits per heavy atom. The molecule has 0 radical (unpaired) electrons. The molecular weight excluding hydrogens is 306 g/mol. The molecule has 1 saturated heterocycles. The first-order valence-electron chi connectivity index (χ1n) is 8.41. The molecule has 6 heteroatoms. The maximum Gasteiger partial charge on any atom is 0.278 e. The smallest absolute Gasteiger partial charge is 0.278 e. The number of aliphatic hydroxyl groups excluding tert-OH is 1. The molecule has 3 rings (SSSR count). The fraction of sp³-hybridized carbons (Fsp3) is 0.444. The van der Waals surface area contributed by atoms with E-state index in [2.05, 4.69) is 5.10 Å². The minimum absolute atomic E-state index is 0.107. The van der Waals surface area contributed by atoms with Crippen LogP contribution in [-0.4, -0.2) is 52.0 Å². The quantitative estimate of drug-likeness (QED) is 0.912. The molecule has 0 spiro atoms. The second-order valence-electron chi connectivity index (χ2n) is 5.97. The van der Waals surface area contributed by atoms with Gasteiger partial charge in [-0.1, -0.05) is 18.2 Å². The third-order valence-corrected chi connectivity index (χ3v) is 4.36. The van der Waals surface area contributed by atoms with Crippen molar-refractivity contribution < 1.29 is 14.6 Å². The number of nitrogens with zero attached hydrogens (tertiary/aromatic N) is 3. The number of carbonyl (C=O) groups excluding carboxylic acids is 1. The van der Waals surface area contributed by atoms with E-state index >= 15 is 0 Å². The highest BCUT2D eigenvalue weighted by molar-refractivity contribution is 5.95. The minimum atomic E-state index is -0.107. The van der Waals surface area contributed by atoms with Crippen LogP contribution in [0.15, 0.2) is 36.5 Å². The van der Waals surface area contributed by atoms with Crippen molar-refractivity contribution in [2.75, 3.05) is 26.3 Å². The summed E-state index contributed by atoms with van der Waals surface area (Å²) in [5.41, 5.74) is 1.24. The first-order valence-corrected chi connectivity index (χ1v) is 8.41. The number of amides is 1. The van der Waals surface area contributed by atoms with E-state index in [1.54, 1.807) is 15.8 Å². The van der Waals surface area contributed by atoms with Crippen molar-refractivity contribution in [3.05, 3.63) is 42.2 Å². The maximum atomic E-state index is 12.8. The number of hydrogen-bond donors (Lipinski definition) is 1. The van der Waals surface area contributed by atoms with Crippen LogP contribution < -0.4 is 4.74 Å². The molecule has 6 nitrogen and oxygen atoms in total. The van der Waals surface area contributed by atoms with Gasteiger partial charge in [0.05, 0.1) is 18.5 Å². The van der Waals surface area contributed by atoms with Crippen LogP contribution in [0, 0.1) is 5.92 Å². The summed E-state index contributed by atoms with van der Waals surface area (Å²) >= 11 is 0. The van der Waals surface area contributed by atoms with Crippen LogP contribution in [0.4, 0.5) is 0 Å². The number of para-hydroxylation sites is 1. The highest BCUT2D eigenvalue weighted by Gasteiger charge is 2.27. The molecular formula is C18H23N3O3. The monoisotopic (exact) mass is 329 g/mol. The zero-order valence-electron chi connectivity index (χ0n) is 13.9. The van der Waals surface area contributed by atoms with Crippen molar-refractivity contribution in [1.29, 1.82) is 0 Å². The Morgan fingerprint density at radius 1 is 1.29 bits per heavy atom. The zero-order chi connectivity index (χ0) is 16.9. The van der Waals surface area contributed by atoms with Crippen LogP contribution in [0.3, 0.4) is 0 Å². The van der Waals surface area contributed by atoms with Gasteiger partial charge in [0, 0.05) is 19.7 Å². The van der Waals surface area contributed by atoms with Crippen molar-refractivity contribution in [2.24, 2.45) is 5.92 Å². The number of aromatic nitrogens is 2. The SMILES string of the molecule is CCOc1cn(-c2ccccc2)nc1C(=O)N1CCC(CO)CC1. The van der Waals surface area contributed by atoms with Gasteiger partial charge in [0.1, 0.15) is 0 Å². The summed E-state index contributed by atoms with van der Waals surface area (Å²) in [6.45, 7) is 3.85. The molecule has 1 amide bonds. The van der Waals surface area contributed by atoms with Gasteiger partial charge in [-0.25, -0.2) is 4.68 Å². The summed E-state index contributed by atoms with van der Waals surface area (Å²) in [5.74, 6) is 0.697. The summed E-state index contributed by atoms with van der Waals surface area (Å²) in [5, 5.41) is 13.7.